The molecule has 0 spiro atoms. The van der Waals surface area contributed by atoms with E-state index < -0.39 is 23.4 Å². The van der Waals surface area contributed by atoms with Crippen LogP contribution in [0.25, 0.3) is 0 Å². The molecule has 1 aliphatic heterocycles. The number of carbonyl (C=O) groups is 3. The first kappa shape index (κ1) is 22.7. The number of esters is 1. The van der Waals surface area contributed by atoms with Crippen LogP contribution in [0.4, 0.5) is 5.69 Å². The van der Waals surface area contributed by atoms with Crippen LogP contribution >= 0.6 is 0 Å². The van der Waals surface area contributed by atoms with Crippen molar-refractivity contribution >= 4 is 23.5 Å². The molecule has 2 amide bonds. The van der Waals surface area contributed by atoms with E-state index in [9.17, 15) is 14.4 Å². The largest absolute Gasteiger partial charge is 0.495 e. The summed E-state index contributed by atoms with van der Waals surface area (Å²) in [7, 11) is 1.53. The average Bonchev–Trinajstić information content (AvgIpc) is 2.66. The summed E-state index contributed by atoms with van der Waals surface area (Å²) >= 11 is 0. The number of nitrogens with zero attached hydrogens (tertiary/aromatic N) is 1. The minimum Gasteiger partial charge on any atom is -0.495 e. The summed E-state index contributed by atoms with van der Waals surface area (Å²) in [5, 5.41) is 2.75. The van der Waals surface area contributed by atoms with E-state index in [-0.39, 0.29) is 11.8 Å². The van der Waals surface area contributed by atoms with E-state index in [1.165, 1.54) is 7.11 Å². The number of piperidine rings is 1. The van der Waals surface area contributed by atoms with Crippen molar-refractivity contribution in [3.05, 3.63) is 23.8 Å². The molecule has 2 rings (SSSR count). The summed E-state index contributed by atoms with van der Waals surface area (Å²) in [4.78, 5) is 39.1. The second kappa shape index (κ2) is 9.29. The lowest BCUT2D eigenvalue weighted by Gasteiger charge is -2.35. The summed E-state index contributed by atoms with van der Waals surface area (Å²) in [6, 6.07) is 5.45. The monoisotopic (exact) mass is 404 g/mol. The Balaban J connectivity index is 1.89. The SMILES string of the molecule is COc1ccc(C)cc1NC(=O)[C@H](C)OC(=O)C1CCN(C(=O)C(C)(C)C)CC1. The predicted octanol–water partition coefficient (Wildman–Crippen LogP) is 3.16. The molecule has 0 unspecified atom stereocenters. The number of anilines is 1. The number of methoxy groups -OCH3 is 1. The molecule has 160 valence electrons. The fourth-order valence-corrected chi connectivity index (χ4v) is 3.27. The molecule has 0 aromatic heterocycles. The number of hydrogen-bond acceptors (Lipinski definition) is 5. The molecule has 0 radical (unpaired) electrons. The number of nitrogens with one attached hydrogen (secondary N) is 1. The quantitative estimate of drug-likeness (QED) is 0.762. The van der Waals surface area contributed by atoms with Gasteiger partial charge in [-0.15, -0.1) is 0 Å². The molecule has 1 fully saturated rings. The van der Waals surface area contributed by atoms with Crippen LogP contribution in [0.5, 0.6) is 5.75 Å². The first-order valence-electron chi connectivity index (χ1n) is 9.98. The topological polar surface area (TPSA) is 84.9 Å². The van der Waals surface area contributed by atoms with E-state index in [1.807, 2.05) is 33.8 Å². The molecule has 0 aliphatic carbocycles. The van der Waals surface area contributed by atoms with E-state index in [4.69, 9.17) is 9.47 Å². The number of benzene rings is 1. The average molecular weight is 405 g/mol. The number of amides is 2. The Labute approximate surface area is 172 Å². The predicted molar refractivity (Wildman–Crippen MR) is 111 cm³/mol. The summed E-state index contributed by atoms with van der Waals surface area (Å²) in [5.41, 5.74) is 1.08. The van der Waals surface area contributed by atoms with Crippen LogP contribution in [0.2, 0.25) is 0 Å². The fraction of sp³-hybridized carbons (Fsp3) is 0.591. The van der Waals surface area contributed by atoms with Crippen molar-refractivity contribution in [3.63, 3.8) is 0 Å². The van der Waals surface area contributed by atoms with E-state index >= 15 is 0 Å². The molecule has 1 aromatic rings. The molecule has 0 bridgehead atoms. The van der Waals surface area contributed by atoms with Crippen molar-refractivity contribution < 1.29 is 23.9 Å². The molecule has 0 saturated carbocycles. The second-order valence-electron chi connectivity index (χ2n) is 8.59. The van der Waals surface area contributed by atoms with Gasteiger partial charge in [0.15, 0.2) is 6.10 Å². The van der Waals surface area contributed by atoms with Crippen molar-refractivity contribution in [1.29, 1.82) is 0 Å². The number of carbonyl (C=O) groups excluding carboxylic acids is 3. The molecule has 1 heterocycles. The zero-order valence-electron chi connectivity index (χ0n) is 18.2. The Hall–Kier alpha value is -2.57. The first-order valence-corrected chi connectivity index (χ1v) is 9.98. The molecule has 7 nitrogen and oxygen atoms in total. The van der Waals surface area contributed by atoms with Gasteiger partial charge in [-0.25, -0.2) is 0 Å². The van der Waals surface area contributed by atoms with Gasteiger partial charge in [0.05, 0.1) is 18.7 Å². The zero-order chi connectivity index (χ0) is 21.8. The highest BCUT2D eigenvalue weighted by molar-refractivity contribution is 5.96. The van der Waals surface area contributed by atoms with Crippen molar-refractivity contribution in [3.8, 4) is 5.75 Å². The van der Waals surface area contributed by atoms with Crippen LogP contribution in [-0.2, 0) is 19.1 Å². The lowest BCUT2D eigenvalue weighted by Crippen LogP contribution is -2.45. The molecular formula is C22H32N2O5. The third-order valence-electron chi connectivity index (χ3n) is 5.03. The van der Waals surface area contributed by atoms with E-state index in [0.717, 1.165) is 5.56 Å². The van der Waals surface area contributed by atoms with E-state index in [2.05, 4.69) is 5.32 Å². The summed E-state index contributed by atoms with van der Waals surface area (Å²) < 4.78 is 10.7. The third kappa shape index (κ3) is 5.95. The van der Waals surface area contributed by atoms with Gasteiger partial charge in [-0.05, 0) is 44.4 Å². The van der Waals surface area contributed by atoms with Crippen LogP contribution in [0.15, 0.2) is 18.2 Å². The molecule has 1 N–H and O–H groups in total. The van der Waals surface area contributed by atoms with Crippen LogP contribution in [0, 0.1) is 18.3 Å². The minimum atomic E-state index is -0.929. The number of aryl methyl sites for hydroxylation is 1. The van der Waals surface area contributed by atoms with Gasteiger partial charge in [-0.3, -0.25) is 14.4 Å². The van der Waals surface area contributed by atoms with Crippen molar-refractivity contribution in [2.24, 2.45) is 11.3 Å². The number of hydrogen-bond donors (Lipinski definition) is 1. The summed E-state index contributed by atoms with van der Waals surface area (Å²) in [5.74, 6) is -0.486. The van der Waals surface area contributed by atoms with E-state index in [1.54, 1.807) is 24.0 Å². The van der Waals surface area contributed by atoms with Gasteiger partial charge in [-0.1, -0.05) is 26.8 Å². The van der Waals surface area contributed by atoms with Crippen LogP contribution in [0.1, 0.15) is 46.1 Å². The zero-order valence-corrected chi connectivity index (χ0v) is 18.2. The second-order valence-corrected chi connectivity index (χ2v) is 8.59. The highest BCUT2D eigenvalue weighted by atomic mass is 16.5. The van der Waals surface area contributed by atoms with Gasteiger partial charge in [0.2, 0.25) is 5.91 Å². The Morgan fingerprint density at radius 1 is 1.17 bits per heavy atom. The van der Waals surface area contributed by atoms with Crippen LogP contribution in [-0.4, -0.2) is 49.0 Å². The van der Waals surface area contributed by atoms with Crippen LogP contribution < -0.4 is 10.1 Å². The number of rotatable bonds is 5. The molecule has 1 aromatic carbocycles. The number of likely N-dealkylation sites (tertiary alicyclic amines) is 1. The van der Waals surface area contributed by atoms with E-state index in [0.29, 0.717) is 37.4 Å². The van der Waals surface area contributed by atoms with Crippen molar-refractivity contribution in [1.82, 2.24) is 4.90 Å². The Morgan fingerprint density at radius 3 is 2.34 bits per heavy atom. The smallest absolute Gasteiger partial charge is 0.309 e. The Bertz CT molecular complexity index is 761. The maximum absolute atomic E-state index is 12.5. The fourth-order valence-electron chi connectivity index (χ4n) is 3.27. The van der Waals surface area contributed by atoms with Crippen molar-refractivity contribution in [2.75, 3.05) is 25.5 Å². The van der Waals surface area contributed by atoms with Gasteiger partial charge in [0, 0.05) is 18.5 Å². The maximum Gasteiger partial charge on any atom is 0.309 e. The maximum atomic E-state index is 12.5. The number of ether oxygens (including phenoxy) is 2. The lowest BCUT2D eigenvalue weighted by atomic mass is 9.91. The molecule has 1 saturated heterocycles. The van der Waals surface area contributed by atoms with Crippen molar-refractivity contribution in [2.45, 2.75) is 53.6 Å². The lowest BCUT2D eigenvalue weighted by molar-refractivity contribution is -0.160. The Kier molecular flexibility index (Phi) is 7.27. The van der Waals surface area contributed by atoms with Gasteiger partial charge in [0.25, 0.3) is 5.91 Å². The molecule has 1 aliphatic rings. The molecule has 7 heteroatoms. The Morgan fingerprint density at radius 2 is 1.79 bits per heavy atom. The molecular weight excluding hydrogens is 372 g/mol. The third-order valence-corrected chi connectivity index (χ3v) is 5.03. The highest BCUT2D eigenvalue weighted by Gasteiger charge is 2.34. The standard InChI is InChI=1S/C22H32N2O5/c1-14-7-8-18(28-6)17(13-14)23-19(25)15(2)29-20(26)16-9-11-24(12-10-16)21(27)22(3,4)5/h7-8,13,15-16H,9-12H2,1-6H3,(H,23,25)/t15-/m0/s1. The summed E-state index contributed by atoms with van der Waals surface area (Å²) in [6.45, 7) is 10.2. The van der Waals surface area contributed by atoms with Gasteiger partial charge >= 0.3 is 5.97 Å². The summed E-state index contributed by atoms with van der Waals surface area (Å²) in [6.07, 6.45) is 0.156. The van der Waals surface area contributed by atoms with Crippen LogP contribution in [0.3, 0.4) is 0 Å². The molecule has 1 atom stereocenters. The van der Waals surface area contributed by atoms with Gasteiger partial charge in [0.1, 0.15) is 5.75 Å². The van der Waals surface area contributed by atoms with Gasteiger partial charge < -0.3 is 19.7 Å². The first-order chi connectivity index (χ1) is 13.5. The normalized spacial score (nSPS) is 16.1. The molecule has 29 heavy (non-hydrogen) atoms. The highest BCUT2D eigenvalue weighted by Crippen LogP contribution is 2.26. The minimum absolute atomic E-state index is 0.0872. The van der Waals surface area contributed by atoms with Gasteiger partial charge in [-0.2, -0.15) is 0 Å².